The van der Waals surface area contributed by atoms with Crippen LogP contribution < -0.4 is 10.2 Å². The molecule has 19 heavy (non-hydrogen) atoms. The zero-order chi connectivity index (χ0) is 14.0. The summed E-state index contributed by atoms with van der Waals surface area (Å²) in [6, 6.07) is 5.07. The van der Waals surface area contributed by atoms with Crippen LogP contribution in [0.25, 0.3) is 0 Å². The van der Waals surface area contributed by atoms with Crippen LogP contribution in [0.15, 0.2) is 18.2 Å². The third kappa shape index (κ3) is 3.20. The van der Waals surface area contributed by atoms with E-state index < -0.39 is 6.04 Å². The lowest BCUT2D eigenvalue weighted by molar-refractivity contribution is -0.125. The van der Waals surface area contributed by atoms with Crippen LogP contribution in [0, 0.1) is 3.57 Å². The number of nitrogens with one attached hydrogen (secondary N) is 1. The highest BCUT2D eigenvalue weighted by Crippen LogP contribution is 2.29. The lowest BCUT2D eigenvalue weighted by Gasteiger charge is -2.24. The van der Waals surface area contributed by atoms with Crippen molar-refractivity contribution >= 4 is 51.7 Å². The highest BCUT2D eigenvalue weighted by molar-refractivity contribution is 14.1. The van der Waals surface area contributed by atoms with Crippen molar-refractivity contribution in [1.29, 1.82) is 0 Å². The van der Waals surface area contributed by atoms with E-state index in [1.165, 1.54) is 0 Å². The molecule has 6 heteroatoms. The topological polar surface area (TPSA) is 49.4 Å². The van der Waals surface area contributed by atoms with Crippen molar-refractivity contribution in [2.75, 3.05) is 11.4 Å². The molecule has 1 heterocycles. The SMILES string of the molecule is CCC1NC(=O)CCN(c2ccc(I)cc2Cl)C1=O. The van der Waals surface area contributed by atoms with Gasteiger partial charge in [0.15, 0.2) is 0 Å². The molecule has 0 saturated carbocycles. The first-order valence-corrected chi connectivity index (χ1v) is 7.54. The first-order valence-electron chi connectivity index (χ1n) is 6.08. The van der Waals surface area contributed by atoms with E-state index in [-0.39, 0.29) is 11.8 Å². The molecule has 1 aliphatic heterocycles. The van der Waals surface area contributed by atoms with Gasteiger partial charge in [-0.2, -0.15) is 0 Å². The molecule has 0 aliphatic carbocycles. The lowest BCUT2D eigenvalue weighted by Crippen LogP contribution is -2.44. The Kier molecular flexibility index (Phi) is 4.67. The molecule has 2 amide bonds. The number of halogens is 2. The summed E-state index contributed by atoms with van der Waals surface area (Å²) >= 11 is 8.37. The predicted octanol–water partition coefficient (Wildman–Crippen LogP) is 2.58. The number of carbonyl (C=O) groups excluding carboxylic acids is 2. The van der Waals surface area contributed by atoms with E-state index in [9.17, 15) is 9.59 Å². The second-order valence-electron chi connectivity index (χ2n) is 4.36. The van der Waals surface area contributed by atoms with Crippen LogP contribution in [0.4, 0.5) is 5.69 Å². The third-order valence-corrected chi connectivity index (χ3v) is 4.04. The number of rotatable bonds is 2. The number of benzene rings is 1. The lowest BCUT2D eigenvalue weighted by atomic mass is 10.2. The fraction of sp³-hybridized carbons (Fsp3) is 0.385. The predicted molar refractivity (Wildman–Crippen MR) is 83.4 cm³/mol. The quantitative estimate of drug-likeness (QED) is 0.787. The van der Waals surface area contributed by atoms with Gasteiger partial charge in [-0.3, -0.25) is 9.59 Å². The molecule has 0 radical (unpaired) electrons. The molecular formula is C13H14ClIN2O2. The van der Waals surface area contributed by atoms with Crippen molar-refractivity contribution in [1.82, 2.24) is 5.32 Å². The molecule has 1 fully saturated rings. The van der Waals surface area contributed by atoms with E-state index in [2.05, 4.69) is 27.9 Å². The van der Waals surface area contributed by atoms with Gasteiger partial charge in [0.2, 0.25) is 11.8 Å². The average Bonchev–Trinajstić information content (AvgIpc) is 2.50. The minimum absolute atomic E-state index is 0.0932. The molecule has 1 aromatic rings. The molecule has 4 nitrogen and oxygen atoms in total. The Morgan fingerprint density at radius 2 is 2.21 bits per heavy atom. The summed E-state index contributed by atoms with van der Waals surface area (Å²) in [5.74, 6) is -0.194. The first-order chi connectivity index (χ1) is 9.02. The molecule has 1 atom stereocenters. The van der Waals surface area contributed by atoms with E-state index in [1.807, 2.05) is 25.1 Å². The largest absolute Gasteiger partial charge is 0.344 e. The maximum absolute atomic E-state index is 12.4. The summed E-state index contributed by atoms with van der Waals surface area (Å²) in [4.78, 5) is 25.6. The van der Waals surface area contributed by atoms with E-state index >= 15 is 0 Å². The number of carbonyl (C=O) groups is 2. The van der Waals surface area contributed by atoms with E-state index in [1.54, 1.807) is 4.90 Å². The number of anilines is 1. The van der Waals surface area contributed by atoms with Gasteiger partial charge in [-0.05, 0) is 47.2 Å². The Hall–Kier alpha value is -0.820. The Morgan fingerprint density at radius 3 is 2.84 bits per heavy atom. The molecule has 0 spiro atoms. The van der Waals surface area contributed by atoms with Crippen molar-refractivity contribution < 1.29 is 9.59 Å². The molecule has 102 valence electrons. The fourth-order valence-corrected chi connectivity index (χ4v) is 3.01. The van der Waals surface area contributed by atoms with Crippen LogP contribution in [0.1, 0.15) is 19.8 Å². The molecule has 1 unspecified atom stereocenters. The maximum atomic E-state index is 12.4. The molecule has 1 N–H and O–H groups in total. The number of nitrogens with zero attached hydrogens (tertiary/aromatic N) is 1. The Morgan fingerprint density at radius 1 is 1.47 bits per heavy atom. The maximum Gasteiger partial charge on any atom is 0.249 e. The smallest absolute Gasteiger partial charge is 0.249 e. The Balaban J connectivity index is 2.36. The van der Waals surface area contributed by atoms with Crippen LogP contribution in [-0.4, -0.2) is 24.4 Å². The number of amides is 2. The van der Waals surface area contributed by atoms with Crippen LogP contribution >= 0.6 is 34.2 Å². The highest BCUT2D eigenvalue weighted by Gasteiger charge is 2.30. The molecule has 2 rings (SSSR count). The summed E-state index contributed by atoms with van der Waals surface area (Å²) < 4.78 is 1.01. The Bertz CT molecular complexity index is 521. The van der Waals surface area contributed by atoms with Gasteiger partial charge in [0.05, 0.1) is 10.7 Å². The van der Waals surface area contributed by atoms with Gasteiger partial charge >= 0.3 is 0 Å². The monoisotopic (exact) mass is 392 g/mol. The van der Waals surface area contributed by atoms with Crippen molar-refractivity contribution in [2.45, 2.75) is 25.8 Å². The highest BCUT2D eigenvalue weighted by atomic mass is 127. The number of hydrogen-bond acceptors (Lipinski definition) is 2. The van der Waals surface area contributed by atoms with Crippen molar-refractivity contribution in [2.24, 2.45) is 0 Å². The van der Waals surface area contributed by atoms with Gasteiger partial charge in [-0.15, -0.1) is 0 Å². The van der Waals surface area contributed by atoms with Crippen LogP contribution in [0.2, 0.25) is 5.02 Å². The van der Waals surface area contributed by atoms with E-state index in [4.69, 9.17) is 11.6 Å². The summed E-state index contributed by atoms with van der Waals surface area (Å²) in [5.41, 5.74) is 0.669. The number of hydrogen-bond donors (Lipinski definition) is 1. The molecular weight excluding hydrogens is 379 g/mol. The summed E-state index contributed by atoms with van der Waals surface area (Å²) in [6.07, 6.45) is 0.869. The van der Waals surface area contributed by atoms with Gasteiger partial charge in [0, 0.05) is 16.5 Å². The second-order valence-corrected chi connectivity index (χ2v) is 6.02. The minimum Gasteiger partial charge on any atom is -0.344 e. The zero-order valence-electron chi connectivity index (χ0n) is 10.5. The minimum atomic E-state index is -0.467. The van der Waals surface area contributed by atoms with Gasteiger partial charge in [0.25, 0.3) is 0 Å². The Labute approximate surface area is 130 Å². The van der Waals surface area contributed by atoms with Gasteiger partial charge in [0.1, 0.15) is 6.04 Å². The van der Waals surface area contributed by atoms with Gasteiger partial charge < -0.3 is 10.2 Å². The average molecular weight is 393 g/mol. The fourth-order valence-electron chi connectivity index (χ4n) is 2.06. The first kappa shape index (κ1) is 14.6. The second kappa shape index (κ2) is 6.09. The van der Waals surface area contributed by atoms with Crippen LogP contribution in [-0.2, 0) is 9.59 Å². The molecule has 1 aromatic carbocycles. The molecule has 0 aromatic heterocycles. The van der Waals surface area contributed by atoms with Crippen LogP contribution in [0.5, 0.6) is 0 Å². The van der Waals surface area contributed by atoms with E-state index in [0.29, 0.717) is 30.1 Å². The van der Waals surface area contributed by atoms with Crippen molar-refractivity contribution in [3.05, 3.63) is 26.8 Å². The van der Waals surface area contributed by atoms with Crippen molar-refractivity contribution in [3.8, 4) is 0 Å². The molecule has 1 saturated heterocycles. The summed E-state index contributed by atoms with van der Waals surface area (Å²) in [7, 11) is 0. The normalized spacial score (nSPS) is 20.2. The van der Waals surface area contributed by atoms with E-state index in [0.717, 1.165) is 3.57 Å². The van der Waals surface area contributed by atoms with Crippen LogP contribution in [0.3, 0.4) is 0 Å². The van der Waals surface area contributed by atoms with Gasteiger partial charge in [-0.25, -0.2) is 0 Å². The summed E-state index contributed by atoms with van der Waals surface area (Å²) in [5, 5.41) is 3.27. The summed E-state index contributed by atoms with van der Waals surface area (Å²) in [6.45, 7) is 2.24. The molecule has 0 bridgehead atoms. The standard InChI is InChI=1S/C13H14ClIN2O2/c1-2-10-13(19)17(6-5-12(18)16-10)11-4-3-8(15)7-9(11)14/h3-4,7,10H,2,5-6H2,1H3,(H,16,18). The zero-order valence-corrected chi connectivity index (χ0v) is 13.4. The molecule has 1 aliphatic rings. The van der Waals surface area contributed by atoms with Gasteiger partial charge in [-0.1, -0.05) is 18.5 Å². The van der Waals surface area contributed by atoms with Crippen molar-refractivity contribution in [3.63, 3.8) is 0 Å². The third-order valence-electron chi connectivity index (χ3n) is 3.07.